The minimum absolute atomic E-state index is 0.117. The van der Waals surface area contributed by atoms with E-state index in [2.05, 4.69) is 6.92 Å². The first-order valence-corrected chi connectivity index (χ1v) is 7.63. The van der Waals surface area contributed by atoms with Crippen LogP contribution in [0.4, 0.5) is 0 Å². The highest BCUT2D eigenvalue weighted by molar-refractivity contribution is 5.78. The maximum atomic E-state index is 12.1. The van der Waals surface area contributed by atoms with Crippen LogP contribution in [-0.2, 0) is 14.3 Å². The molecule has 0 spiro atoms. The summed E-state index contributed by atoms with van der Waals surface area (Å²) in [5, 5.41) is 0. The Morgan fingerprint density at radius 1 is 1.21 bits per heavy atom. The van der Waals surface area contributed by atoms with Gasteiger partial charge in [-0.2, -0.15) is 0 Å². The Hall–Kier alpha value is -1.06. The van der Waals surface area contributed by atoms with Gasteiger partial charge in [-0.3, -0.25) is 9.59 Å². The second-order valence-corrected chi connectivity index (χ2v) is 5.24. The molecule has 0 aliphatic carbocycles. The molecule has 0 aromatic rings. The van der Waals surface area contributed by atoms with E-state index in [9.17, 15) is 9.59 Å². The molecule has 1 saturated heterocycles. The zero-order valence-corrected chi connectivity index (χ0v) is 12.3. The summed E-state index contributed by atoms with van der Waals surface area (Å²) in [4.78, 5) is 25.6. The third-order valence-corrected chi connectivity index (χ3v) is 3.64. The lowest BCUT2D eigenvalue weighted by Gasteiger charge is -2.31. The van der Waals surface area contributed by atoms with E-state index in [1.807, 2.05) is 11.8 Å². The van der Waals surface area contributed by atoms with Crippen LogP contribution in [0.1, 0.15) is 58.8 Å². The fourth-order valence-corrected chi connectivity index (χ4v) is 2.52. The minimum atomic E-state index is -0.147. The molecule has 0 N–H and O–H groups in total. The monoisotopic (exact) mass is 269 g/mol. The second kappa shape index (κ2) is 8.94. The van der Waals surface area contributed by atoms with Gasteiger partial charge in [-0.15, -0.1) is 0 Å². The molecular formula is C15H27NO3. The van der Waals surface area contributed by atoms with Crippen molar-refractivity contribution in [1.29, 1.82) is 0 Å². The van der Waals surface area contributed by atoms with Gasteiger partial charge in [-0.1, -0.05) is 26.2 Å². The third-order valence-electron chi connectivity index (χ3n) is 3.64. The number of piperidine rings is 1. The van der Waals surface area contributed by atoms with Crippen molar-refractivity contribution in [1.82, 2.24) is 4.90 Å². The highest BCUT2D eigenvalue weighted by atomic mass is 16.5. The number of nitrogens with zero attached hydrogens (tertiary/aromatic N) is 1. The van der Waals surface area contributed by atoms with Crippen molar-refractivity contribution in [2.75, 3.05) is 19.7 Å². The maximum Gasteiger partial charge on any atom is 0.310 e. The van der Waals surface area contributed by atoms with Crippen molar-refractivity contribution in [3.63, 3.8) is 0 Å². The van der Waals surface area contributed by atoms with Crippen molar-refractivity contribution < 1.29 is 14.3 Å². The molecule has 0 unspecified atom stereocenters. The normalized spacial score (nSPS) is 19.3. The van der Waals surface area contributed by atoms with Crippen LogP contribution >= 0.6 is 0 Å². The number of carbonyl (C=O) groups is 2. The van der Waals surface area contributed by atoms with E-state index in [-0.39, 0.29) is 17.8 Å². The lowest BCUT2D eigenvalue weighted by molar-refractivity contribution is -0.151. The van der Waals surface area contributed by atoms with Crippen LogP contribution in [-0.4, -0.2) is 36.5 Å². The fourth-order valence-electron chi connectivity index (χ4n) is 2.52. The Bertz CT molecular complexity index is 291. The average Bonchev–Trinajstić information content (AvgIpc) is 2.44. The number of unbranched alkanes of at least 4 members (excludes halogenated alkanes) is 3. The molecule has 1 amide bonds. The van der Waals surface area contributed by atoms with Crippen LogP contribution in [0.2, 0.25) is 0 Å². The number of rotatable bonds is 7. The van der Waals surface area contributed by atoms with E-state index in [1.165, 1.54) is 12.8 Å². The Balaban J connectivity index is 2.32. The summed E-state index contributed by atoms with van der Waals surface area (Å²) in [6.45, 7) is 5.74. The van der Waals surface area contributed by atoms with Gasteiger partial charge in [0.1, 0.15) is 0 Å². The van der Waals surface area contributed by atoms with Crippen LogP contribution in [0.5, 0.6) is 0 Å². The fraction of sp³-hybridized carbons (Fsp3) is 0.867. The lowest BCUT2D eigenvalue weighted by Crippen LogP contribution is -2.42. The Morgan fingerprint density at radius 3 is 2.68 bits per heavy atom. The van der Waals surface area contributed by atoms with E-state index in [4.69, 9.17) is 4.74 Å². The molecule has 1 rings (SSSR count). The molecule has 1 aliphatic rings. The quantitative estimate of drug-likeness (QED) is 0.527. The molecule has 4 heteroatoms. The van der Waals surface area contributed by atoms with Crippen LogP contribution < -0.4 is 0 Å². The van der Waals surface area contributed by atoms with Crippen molar-refractivity contribution in [2.45, 2.75) is 58.8 Å². The SMILES string of the molecule is CCCCCCC(=O)N1CCC[C@H](C(=O)OCC)C1. The molecule has 19 heavy (non-hydrogen) atoms. The van der Waals surface area contributed by atoms with Gasteiger partial charge in [-0.25, -0.2) is 0 Å². The van der Waals surface area contributed by atoms with E-state index in [0.29, 0.717) is 19.6 Å². The standard InChI is InChI=1S/C15H27NO3/c1-3-5-6-7-10-14(17)16-11-8-9-13(12-16)15(18)19-4-2/h13H,3-12H2,1-2H3/t13-/m0/s1. The highest BCUT2D eigenvalue weighted by Crippen LogP contribution is 2.19. The third kappa shape index (κ3) is 5.62. The highest BCUT2D eigenvalue weighted by Gasteiger charge is 2.28. The molecule has 4 nitrogen and oxygen atoms in total. The van der Waals surface area contributed by atoms with Crippen molar-refractivity contribution in [3.8, 4) is 0 Å². The summed E-state index contributed by atoms with van der Waals surface area (Å²) in [5.74, 6) is -0.0654. The topological polar surface area (TPSA) is 46.6 Å². The van der Waals surface area contributed by atoms with E-state index >= 15 is 0 Å². The molecule has 1 fully saturated rings. The van der Waals surface area contributed by atoms with Crippen LogP contribution in [0.25, 0.3) is 0 Å². The van der Waals surface area contributed by atoms with Gasteiger partial charge in [0, 0.05) is 19.5 Å². The molecule has 1 heterocycles. The molecule has 1 atom stereocenters. The summed E-state index contributed by atoms with van der Waals surface area (Å²) in [5.41, 5.74) is 0. The van der Waals surface area contributed by atoms with Gasteiger partial charge in [0.2, 0.25) is 5.91 Å². The molecule has 110 valence electrons. The molecule has 0 bridgehead atoms. The Kier molecular flexibility index (Phi) is 7.53. The molecule has 0 saturated carbocycles. The number of hydrogen-bond donors (Lipinski definition) is 0. The number of hydrogen-bond acceptors (Lipinski definition) is 3. The summed E-state index contributed by atoms with van der Waals surface area (Å²) in [6.07, 6.45) is 6.84. The first kappa shape index (κ1) is 16.0. The number of amides is 1. The largest absolute Gasteiger partial charge is 0.466 e. The maximum absolute atomic E-state index is 12.1. The Labute approximate surface area is 116 Å². The van der Waals surface area contributed by atoms with E-state index in [0.717, 1.165) is 32.2 Å². The zero-order chi connectivity index (χ0) is 14.1. The summed E-state index contributed by atoms with van der Waals surface area (Å²) in [6, 6.07) is 0. The first-order chi connectivity index (χ1) is 9.19. The van der Waals surface area contributed by atoms with Crippen LogP contribution in [0.3, 0.4) is 0 Å². The molecular weight excluding hydrogens is 242 g/mol. The van der Waals surface area contributed by atoms with Gasteiger partial charge < -0.3 is 9.64 Å². The van der Waals surface area contributed by atoms with Gasteiger partial charge in [0.05, 0.1) is 12.5 Å². The van der Waals surface area contributed by atoms with Gasteiger partial charge in [0.15, 0.2) is 0 Å². The van der Waals surface area contributed by atoms with Gasteiger partial charge in [-0.05, 0) is 26.2 Å². The van der Waals surface area contributed by atoms with E-state index in [1.54, 1.807) is 0 Å². The van der Waals surface area contributed by atoms with Gasteiger partial charge >= 0.3 is 5.97 Å². The molecule has 1 aliphatic heterocycles. The minimum Gasteiger partial charge on any atom is -0.466 e. The molecule has 0 aromatic heterocycles. The molecule has 0 radical (unpaired) electrons. The zero-order valence-electron chi connectivity index (χ0n) is 12.3. The smallest absolute Gasteiger partial charge is 0.310 e. The van der Waals surface area contributed by atoms with Crippen molar-refractivity contribution in [2.24, 2.45) is 5.92 Å². The number of esters is 1. The number of ether oxygens (including phenoxy) is 1. The summed E-state index contributed by atoms with van der Waals surface area (Å²) < 4.78 is 5.05. The van der Waals surface area contributed by atoms with E-state index < -0.39 is 0 Å². The number of likely N-dealkylation sites (tertiary alicyclic amines) is 1. The summed E-state index contributed by atoms with van der Waals surface area (Å²) >= 11 is 0. The van der Waals surface area contributed by atoms with Crippen LogP contribution in [0, 0.1) is 5.92 Å². The first-order valence-electron chi connectivity index (χ1n) is 7.63. The van der Waals surface area contributed by atoms with Gasteiger partial charge in [0.25, 0.3) is 0 Å². The average molecular weight is 269 g/mol. The summed E-state index contributed by atoms with van der Waals surface area (Å²) in [7, 11) is 0. The van der Waals surface area contributed by atoms with Crippen LogP contribution in [0.15, 0.2) is 0 Å². The predicted molar refractivity (Wildman–Crippen MR) is 74.7 cm³/mol. The molecule has 0 aromatic carbocycles. The second-order valence-electron chi connectivity index (χ2n) is 5.24. The van der Waals surface area contributed by atoms with Crippen molar-refractivity contribution in [3.05, 3.63) is 0 Å². The van der Waals surface area contributed by atoms with Crippen molar-refractivity contribution >= 4 is 11.9 Å². The Morgan fingerprint density at radius 2 is 2.00 bits per heavy atom. The predicted octanol–water partition coefficient (Wildman–Crippen LogP) is 2.76. The number of carbonyl (C=O) groups excluding carboxylic acids is 2. The lowest BCUT2D eigenvalue weighted by atomic mass is 9.97.